The van der Waals surface area contributed by atoms with E-state index in [0.29, 0.717) is 17.5 Å². The van der Waals surface area contributed by atoms with Gasteiger partial charge in [0.25, 0.3) is 11.8 Å². The van der Waals surface area contributed by atoms with Crippen LogP contribution in [0.25, 0.3) is 0 Å². The monoisotopic (exact) mass is 350 g/mol. The van der Waals surface area contributed by atoms with Gasteiger partial charge in [0.15, 0.2) is 6.04 Å². The number of ether oxygens (including phenoxy) is 1. The Bertz CT molecular complexity index is 826. The van der Waals surface area contributed by atoms with Crippen molar-refractivity contribution in [1.29, 1.82) is 0 Å². The molecule has 2 aromatic carbocycles. The zero-order valence-corrected chi connectivity index (χ0v) is 14.3. The Morgan fingerprint density at radius 1 is 1.04 bits per heavy atom. The lowest BCUT2D eigenvalue weighted by molar-refractivity contribution is -0.142. The maximum Gasteiger partial charge on any atom is 0.330 e. The van der Waals surface area contributed by atoms with Crippen LogP contribution in [0.3, 0.4) is 0 Å². The number of amides is 2. The maximum absolute atomic E-state index is 12.3. The molecule has 3 rings (SSSR count). The number of hydrogen-bond acceptors (Lipinski definition) is 5. The van der Waals surface area contributed by atoms with Gasteiger partial charge >= 0.3 is 5.97 Å². The number of carbonyl (C=O) groups is 3. The van der Waals surface area contributed by atoms with Crippen molar-refractivity contribution >= 4 is 24.0 Å². The first-order valence-corrected chi connectivity index (χ1v) is 8.20. The summed E-state index contributed by atoms with van der Waals surface area (Å²) in [7, 11) is 1.31. The second kappa shape index (κ2) is 7.74. The molecule has 26 heavy (non-hydrogen) atoms. The molecular formula is C20H18N2O4. The summed E-state index contributed by atoms with van der Waals surface area (Å²) in [6.45, 7) is 0.00856. The van der Waals surface area contributed by atoms with Gasteiger partial charge in [-0.05, 0) is 17.7 Å². The molecule has 0 spiro atoms. The molecule has 0 saturated heterocycles. The zero-order chi connectivity index (χ0) is 18.5. The molecule has 0 bridgehead atoms. The SMILES string of the molecule is COC(=O)C(Cc1ccccc1)N=CCN1C(=O)c2ccccc2C1=O. The fourth-order valence-electron chi connectivity index (χ4n) is 2.83. The van der Waals surface area contributed by atoms with Gasteiger partial charge in [-0.15, -0.1) is 0 Å². The van der Waals surface area contributed by atoms with Crippen molar-refractivity contribution in [2.75, 3.05) is 13.7 Å². The van der Waals surface area contributed by atoms with Gasteiger partial charge in [-0.2, -0.15) is 0 Å². The second-order valence-electron chi connectivity index (χ2n) is 5.83. The summed E-state index contributed by atoms with van der Waals surface area (Å²) in [6.07, 6.45) is 1.80. The molecule has 1 unspecified atom stereocenters. The largest absolute Gasteiger partial charge is 0.467 e. The van der Waals surface area contributed by atoms with Crippen molar-refractivity contribution in [3.63, 3.8) is 0 Å². The highest BCUT2D eigenvalue weighted by molar-refractivity contribution is 6.22. The van der Waals surface area contributed by atoms with E-state index in [2.05, 4.69) is 4.99 Å². The Hall–Kier alpha value is -3.28. The van der Waals surface area contributed by atoms with Gasteiger partial charge in [0, 0.05) is 12.6 Å². The average molecular weight is 350 g/mol. The highest BCUT2D eigenvalue weighted by atomic mass is 16.5. The molecule has 1 aliphatic heterocycles. The van der Waals surface area contributed by atoms with Gasteiger partial charge in [0.1, 0.15) is 0 Å². The minimum atomic E-state index is -0.724. The minimum absolute atomic E-state index is 0.00856. The molecule has 2 amide bonds. The van der Waals surface area contributed by atoms with Gasteiger partial charge in [0.2, 0.25) is 0 Å². The topological polar surface area (TPSA) is 76.0 Å². The smallest absolute Gasteiger partial charge is 0.330 e. The number of benzene rings is 2. The van der Waals surface area contributed by atoms with Gasteiger partial charge in [-0.25, -0.2) is 4.79 Å². The number of fused-ring (bicyclic) bond motifs is 1. The van der Waals surface area contributed by atoms with E-state index in [0.717, 1.165) is 10.5 Å². The summed E-state index contributed by atoms with van der Waals surface area (Å²) in [4.78, 5) is 42.0. The predicted molar refractivity (Wildman–Crippen MR) is 96.3 cm³/mol. The lowest BCUT2D eigenvalue weighted by Crippen LogP contribution is -2.32. The van der Waals surface area contributed by atoms with Crippen LogP contribution in [0.15, 0.2) is 59.6 Å². The van der Waals surface area contributed by atoms with Crippen LogP contribution in [-0.2, 0) is 16.0 Å². The van der Waals surface area contributed by atoms with E-state index in [4.69, 9.17) is 4.74 Å². The highest BCUT2D eigenvalue weighted by Crippen LogP contribution is 2.21. The normalized spacial score (nSPS) is 14.6. The molecule has 0 aromatic heterocycles. The number of rotatable bonds is 6. The van der Waals surface area contributed by atoms with Crippen LogP contribution in [0.2, 0.25) is 0 Å². The number of imide groups is 1. The van der Waals surface area contributed by atoms with Crippen molar-refractivity contribution in [1.82, 2.24) is 4.90 Å². The molecule has 0 saturated carbocycles. The van der Waals surface area contributed by atoms with Crippen LogP contribution in [0, 0.1) is 0 Å². The number of carbonyl (C=O) groups excluding carboxylic acids is 3. The summed E-state index contributed by atoms with van der Waals surface area (Å²) in [5.74, 6) is -1.17. The third-order valence-electron chi connectivity index (χ3n) is 4.17. The van der Waals surface area contributed by atoms with E-state index in [1.54, 1.807) is 24.3 Å². The lowest BCUT2D eigenvalue weighted by atomic mass is 10.1. The van der Waals surface area contributed by atoms with E-state index < -0.39 is 12.0 Å². The Balaban J connectivity index is 1.70. The van der Waals surface area contributed by atoms with Crippen molar-refractivity contribution < 1.29 is 19.1 Å². The fourth-order valence-corrected chi connectivity index (χ4v) is 2.83. The highest BCUT2D eigenvalue weighted by Gasteiger charge is 2.34. The molecule has 2 aromatic rings. The molecule has 6 nitrogen and oxygen atoms in total. The first kappa shape index (κ1) is 17.5. The van der Waals surface area contributed by atoms with Gasteiger partial charge < -0.3 is 4.74 Å². The Labute approximate surface area is 151 Å². The Morgan fingerprint density at radius 3 is 2.19 bits per heavy atom. The third-order valence-corrected chi connectivity index (χ3v) is 4.17. The van der Waals surface area contributed by atoms with Gasteiger partial charge in [0.05, 0.1) is 24.8 Å². The quantitative estimate of drug-likeness (QED) is 0.454. The Morgan fingerprint density at radius 2 is 1.62 bits per heavy atom. The van der Waals surface area contributed by atoms with Crippen LogP contribution in [-0.4, -0.2) is 48.6 Å². The van der Waals surface area contributed by atoms with Crippen molar-refractivity contribution in [3.05, 3.63) is 71.3 Å². The van der Waals surface area contributed by atoms with E-state index in [-0.39, 0.29) is 18.4 Å². The molecule has 1 aliphatic rings. The summed E-state index contributed by atoms with van der Waals surface area (Å²) < 4.78 is 4.80. The first-order valence-electron chi connectivity index (χ1n) is 8.20. The molecule has 0 aliphatic carbocycles. The average Bonchev–Trinajstić information content (AvgIpc) is 2.92. The van der Waals surface area contributed by atoms with Crippen molar-refractivity contribution in [3.8, 4) is 0 Å². The Kier molecular flexibility index (Phi) is 5.22. The summed E-state index contributed by atoms with van der Waals surface area (Å²) in [6, 6.07) is 15.4. The first-order chi connectivity index (χ1) is 12.6. The van der Waals surface area contributed by atoms with Gasteiger partial charge in [-0.3, -0.25) is 19.5 Å². The molecule has 132 valence electrons. The van der Waals surface area contributed by atoms with E-state index in [9.17, 15) is 14.4 Å². The maximum atomic E-state index is 12.3. The number of nitrogens with zero attached hydrogens (tertiary/aromatic N) is 2. The molecule has 0 fully saturated rings. The van der Waals surface area contributed by atoms with Crippen molar-refractivity contribution in [2.24, 2.45) is 4.99 Å². The number of aliphatic imine (C=N–C) groups is 1. The summed E-state index contributed by atoms with van der Waals surface area (Å²) >= 11 is 0. The number of hydrogen-bond donors (Lipinski definition) is 0. The van der Waals surface area contributed by atoms with E-state index >= 15 is 0 Å². The van der Waals surface area contributed by atoms with Crippen LogP contribution in [0.1, 0.15) is 26.3 Å². The molecule has 0 N–H and O–H groups in total. The number of esters is 1. The zero-order valence-electron chi connectivity index (χ0n) is 14.3. The van der Waals surface area contributed by atoms with Crippen molar-refractivity contribution in [2.45, 2.75) is 12.5 Å². The molecular weight excluding hydrogens is 332 g/mol. The molecule has 6 heteroatoms. The van der Waals surface area contributed by atoms with E-state index in [1.165, 1.54) is 13.3 Å². The minimum Gasteiger partial charge on any atom is -0.467 e. The lowest BCUT2D eigenvalue weighted by Gasteiger charge is -2.13. The molecule has 1 atom stereocenters. The standard InChI is InChI=1S/C20H18N2O4/c1-26-20(25)17(13-14-7-3-2-4-8-14)21-11-12-22-18(23)15-9-5-6-10-16(15)19(22)24/h2-11,17H,12-13H2,1H3. The third kappa shape index (κ3) is 3.54. The second-order valence-corrected chi connectivity index (χ2v) is 5.83. The van der Waals surface area contributed by atoms with Crippen LogP contribution in [0.5, 0.6) is 0 Å². The summed E-state index contributed by atoms with van der Waals surface area (Å²) in [5.41, 5.74) is 1.72. The van der Waals surface area contributed by atoms with E-state index in [1.807, 2.05) is 30.3 Å². The van der Waals surface area contributed by atoms with Crippen LogP contribution < -0.4 is 0 Å². The predicted octanol–water partition coefficient (Wildman–Crippen LogP) is 2.14. The summed E-state index contributed by atoms with van der Waals surface area (Å²) in [5, 5.41) is 0. The van der Waals surface area contributed by atoms with Crippen LogP contribution in [0.4, 0.5) is 0 Å². The molecule has 0 radical (unpaired) electrons. The fraction of sp³-hybridized carbons (Fsp3) is 0.200. The van der Waals surface area contributed by atoms with Gasteiger partial charge in [-0.1, -0.05) is 42.5 Å². The number of methoxy groups -OCH3 is 1. The molecule has 1 heterocycles. The van der Waals surface area contributed by atoms with Crippen LogP contribution >= 0.6 is 0 Å².